The van der Waals surface area contributed by atoms with Crippen molar-refractivity contribution in [2.45, 2.75) is 63.3 Å². The van der Waals surface area contributed by atoms with Gasteiger partial charge < -0.3 is 20.4 Å². The van der Waals surface area contributed by atoms with Gasteiger partial charge in [-0.15, -0.1) is 0 Å². The van der Waals surface area contributed by atoms with Crippen molar-refractivity contribution < 1.29 is 29.6 Å². The molecule has 1 aliphatic rings. The Morgan fingerprint density at radius 2 is 1.97 bits per heavy atom. The van der Waals surface area contributed by atoms with Crippen LogP contribution >= 0.6 is 0 Å². The van der Waals surface area contributed by atoms with E-state index in [1.54, 1.807) is 30.4 Å². The molecule has 0 saturated heterocycles. The van der Waals surface area contributed by atoms with Gasteiger partial charge in [0.05, 0.1) is 18.3 Å². The van der Waals surface area contributed by atoms with Crippen LogP contribution < -0.4 is 0 Å². The van der Waals surface area contributed by atoms with E-state index in [9.17, 15) is 24.5 Å². The predicted molar refractivity (Wildman–Crippen MR) is 109 cm³/mol. The summed E-state index contributed by atoms with van der Waals surface area (Å²) in [6.07, 6.45) is 8.16. The molecule has 0 radical (unpaired) electrons. The first-order chi connectivity index (χ1) is 13.9. The number of halogens is 1. The topological polar surface area (TPSA) is 98.0 Å². The molecule has 0 heterocycles. The number of carbonyl (C=O) groups is 1. The smallest absolute Gasteiger partial charge is 0.303 e. The van der Waals surface area contributed by atoms with Crippen molar-refractivity contribution in [2.24, 2.45) is 11.8 Å². The van der Waals surface area contributed by atoms with Gasteiger partial charge in [0, 0.05) is 18.8 Å². The number of aliphatic hydroxyl groups excluding tert-OH is 3. The number of hydrogen-bond acceptors (Lipinski definition) is 4. The maximum atomic E-state index is 13.7. The van der Waals surface area contributed by atoms with Gasteiger partial charge in [0.2, 0.25) is 0 Å². The number of allylic oxidation sites excluding steroid dienone is 2. The van der Waals surface area contributed by atoms with Gasteiger partial charge in [-0.25, -0.2) is 4.39 Å². The van der Waals surface area contributed by atoms with Gasteiger partial charge in [-0.1, -0.05) is 42.5 Å². The number of aliphatic carboxylic acids is 1. The second-order valence-electron chi connectivity index (χ2n) is 7.69. The highest BCUT2D eigenvalue weighted by atomic mass is 19.1. The Morgan fingerprint density at radius 1 is 1.21 bits per heavy atom. The Labute approximate surface area is 171 Å². The van der Waals surface area contributed by atoms with E-state index in [-0.39, 0.29) is 30.5 Å². The van der Waals surface area contributed by atoms with Crippen molar-refractivity contribution >= 4 is 5.97 Å². The molecular weight excluding hydrogens is 375 g/mol. The molecule has 1 fully saturated rings. The third-order valence-electron chi connectivity index (χ3n) is 5.48. The van der Waals surface area contributed by atoms with Gasteiger partial charge in [0.1, 0.15) is 5.82 Å². The molecule has 1 saturated carbocycles. The summed E-state index contributed by atoms with van der Waals surface area (Å²) < 4.78 is 13.7. The number of rotatable bonds is 11. The molecule has 0 aromatic heterocycles. The van der Waals surface area contributed by atoms with Crippen LogP contribution in [0, 0.1) is 17.7 Å². The van der Waals surface area contributed by atoms with Gasteiger partial charge >= 0.3 is 5.97 Å². The molecule has 1 aromatic rings. The summed E-state index contributed by atoms with van der Waals surface area (Å²) in [7, 11) is 0. The monoisotopic (exact) mass is 406 g/mol. The quantitative estimate of drug-likeness (QED) is 0.334. The third-order valence-corrected chi connectivity index (χ3v) is 5.48. The van der Waals surface area contributed by atoms with Crippen LogP contribution in [0.3, 0.4) is 0 Å². The van der Waals surface area contributed by atoms with E-state index in [2.05, 4.69) is 0 Å². The molecule has 1 aromatic carbocycles. The van der Waals surface area contributed by atoms with E-state index < -0.39 is 24.3 Å². The van der Waals surface area contributed by atoms with E-state index >= 15 is 0 Å². The standard InChI is InChI=1S/C23H31FO5/c24-20-9-6-5-7-16(20)11-12-17(25)13-14-19-18(21(26)15-22(19)27)8-3-1-2-4-10-23(28)29/h1,3,5-7,9,13-14,17-19,21-22,25-27H,2,4,8,10-12,15H2,(H,28,29)/b3-1+,14-13+. The fraction of sp³-hybridized carbons (Fsp3) is 0.522. The van der Waals surface area contributed by atoms with Gasteiger partial charge in [0.15, 0.2) is 0 Å². The van der Waals surface area contributed by atoms with Gasteiger partial charge in [0.25, 0.3) is 0 Å². The van der Waals surface area contributed by atoms with Crippen LogP contribution in [-0.4, -0.2) is 44.7 Å². The zero-order valence-corrected chi connectivity index (χ0v) is 16.5. The highest BCUT2D eigenvalue weighted by molar-refractivity contribution is 5.66. The summed E-state index contributed by atoms with van der Waals surface area (Å²) in [5.74, 6) is -1.52. The molecule has 5 atom stereocenters. The van der Waals surface area contributed by atoms with Crippen LogP contribution in [0.5, 0.6) is 0 Å². The van der Waals surface area contributed by atoms with Crippen molar-refractivity contribution in [3.05, 3.63) is 60.0 Å². The second kappa shape index (κ2) is 11.9. The SMILES string of the molecule is O=C(O)CCC/C=C/CC1C(O)CC(O)C1/C=C/C(O)CCc1ccccc1F. The van der Waals surface area contributed by atoms with Gasteiger partial charge in [-0.05, 0) is 49.7 Å². The first kappa shape index (κ1) is 23.3. The minimum Gasteiger partial charge on any atom is -0.481 e. The largest absolute Gasteiger partial charge is 0.481 e. The number of hydrogen-bond donors (Lipinski definition) is 4. The van der Waals surface area contributed by atoms with E-state index in [1.807, 2.05) is 12.2 Å². The number of aryl methyl sites for hydroxylation is 1. The first-order valence-corrected chi connectivity index (χ1v) is 10.2. The number of aliphatic hydroxyl groups is 3. The van der Waals surface area contributed by atoms with Crippen LogP contribution in [-0.2, 0) is 11.2 Å². The lowest BCUT2D eigenvalue weighted by atomic mass is 9.89. The molecule has 0 amide bonds. The molecule has 6 heteroatoms. The highest BCUT2D eigenvalue weighted by Crippen LogP contribution is 2.36. The van der Waals surface area contributed by atoms with E-state index in [1.165, 1.54) is 6.07 Å². The maximum Gasteiger partial charge on any atom is 0.303 e. The summed E-state index contributed by atoms with van der Waals surface area (Å²) in [5, 5.41) is 39.3. The van der Waals surface area contributed by atoms with Crippen molar-refractivity contribution in [3.8, 4) is 0 Å². The lowest BCUT2D eigenvalue weighted by molar-refractivity contribution is -0.137. The van der Waals surface area contributed by atoms with Crippen molar-refractivity contribution in [3.63, 3.8) is 0 Å². The lowest BCUT2D eigenvalue weighted by Crippen LogP contribution is -2.20. The molecule has 5 unspecified atom stereocenters. The number of carboxylic acid groups (broad SMARTS) is 1. The fourth-order valence-electron chi connectivity index (χ4n) is 3.81. The third kappa shape index (κ3) is 7.72. The molecule has 2 rings (SSSR count). The summed E-state index contributed by atoms with van der Waals surface area (Å²) >= 11 is 0. The lowest BCUT2D eigenvalue weighted by Gasteiger charge is -2.19. The summed E-state index contributed by atoms with van der Waals surface area (Å²) in [6, 6.07) is 6.48. The molecule has 1 aliphatic carbocycles. The van der Waals surface area contributed by atoms with Crippen LogP contribution in [0.25, 0.3) is 0 Å². The summed E-state index contributed by atoms with van der Waals surface area (Å²) in [4.78, 5) is 10.5. The average Bonchev–Trinajstić information content (AvgIpc) is 2.94. The minimum atomic E-state index is -0.813. The van der Waals surface area contributed by atoms with Crippen LogP contribution in [0.15, 0.2) is 48.6 Å². The molecular formula is C23H31FO5. The Balaban J connectivity index is 1.84. The van der Waals surface area contributed by atoms with E-state index in [0.717, 1.165) is 0 Å². The van der Waals surface area contributed by atoms with E-state index in [4.69, 9.17) is 5.11 Å². The summed E-state index contributed by atoms with van der Waals surface area (Å²) in [5.41, 5.74) is 0.558. The fourth-order valence-corrected chi connectivity index (χ4v) is 3.81. The normalized spacial score (nSPS) is 25.8. The van der Waals surface area contributed by atoms with Crippen LogP contribution in [0.1, 0.15) is 44.1 Å². The minimum absolute atomic E-state index is 0.130. The van der Waals surface area contributed by atoms with Crippen molar-refractivity contribution in [1.29, 1.82) is 0 Å². The number of unbranched alkanes of at least 4 members (excludes halogenated alkanes) is 1. The predicted octanol–water partition coefficient (Wildman–Crippen LogP) is 3.23. The average molecular weight is 406 g/mol. The molecule has 0 aliphatic heterocycles. The van der Waals surface area contributed by atoms with Gasteiger partial charge in [-0.3, -0.25) is 4.79 Å². The van der Waals surface area contributed by atoms with Crippen LogP contribution in [0.2, 0.25) is 0 Å². The highest BCUT2D eigenvalue weighted by Gasteiger charge is 2.39. The molecule has 160 valence electrons. The van der Waals surface area contributed by atoms with Gasteiger partial charge in [-0.2, -0.15) is 0 Å². The van der Waals surface area contributed by atoms with Crippen LogP contribution in [0.4, 0.5) is 4.39 Å². The van der Waals surface area contributed by atoms with Crippen molar-refractivity contribution in [2.75, 3.05) is 0 Å². The zero-order valence-electron chi connectivity index (χ0n) is 16.5. The van der Waals surface area contributed by atoms with E-state index in [0.29, 0.717) is 37.7 Å². The first-order valence-electron chi connectivity index (χ1n) is 10.2. The number of benzene rings is 1. The second-order valence-corrected chi connectivity index (χ2v) is 7.69. The summed E-state index contributed by atoms with van der Waals surface area (Å²) in [6.45, 7) is 0. The zero-order chi connectivity index (χ0) is 21.2. The molecule has 4 N–H and O–H groups in total. The molecule has 29 heavy (non-hydrogen) atoms. The maximum absolute atomic E-state index is 13.7. The molecule has 0 bridgehead atoms. The Hall–Kier alpha value is -2.02. The van der Waals surface area contributed by atoms with Crippen molar-refractivity contribution in [1.82, 2.24) is 0 Å². The molecule has 0 spiro atoms. The number of carboxylic acids is 1. The molecule has 5 nitrogen and oxygen atoms in total. The Morgan fingerprint density at radius 3 is 2.69 bits per heavy atom. The Bertz CT molecular complexity index is 702. The Kier molecular flexibility index (Phi) is 9.51.